The van der Waals surface area contributed by atoms with Crippen LogP contribution in [0.1, 0.15) is 29.8 Å². The van der Waals surface area contributed by atoms with Crippen LogP contribution in [0.3, 0.4) is 0 Å². The molecule has 1 amide bonds. The Morgan fingerprint density at radius 3 is 1.95 bits per heavy atom. The Morgan fingerprint density at radius 1 is 0.775 bits per heavy atom. The molecule has 0 atom stereocenters. The van der Waals surface area contributed by atoms with Crippen molar-refractivity contribution in [2.24, 2.45) is 5.10 Å². The van der Waals surface area contributed by atoms with Crippen molar-refractivity contribution in [2.45, 2.75) is 13.8 Å². The number of carbonyl (C=O) groups is 1. The average molecular weight is 531 g/mol. The summed E-state index contributed by atoms with van der Waals surface area (Å²) in [6.07, 6.45) is 1.54. The maximum absolute atomic E-state index is 12.7. The molecule has 0 saturated heterocycles. The molecule has 0 saturated carbocycles. The highest BCUT2D eigenvalue weighted by Gasteiger charge is 2.15. The van der Waals surface area contributed by atoms with Crippen LogP contribution in [0, 0.1) is 0 Å². The first-order valence-corrected chi connectivity index (χ1v) is 13.2. The van der Waals surface area contributed by atoms with Gasteiger partial charge in [-0.15, -0.1) is 0 Å². The Hall–Kier alpha value is -5.17. The molecule has 0 aliphatic rings. The van der Waals surface area contributed by atoms with Crippen molar-refractivity contribution in [2.75, 3.05) is 22.9 Å². The SMILES string of the molecule is CCN(CC)c1ccc2cc(C(=O)N/N=C/c3ccc(N(c4ccccc4)c4ccccc4)cc3)c(=O)oc2c1. The predicted molar refractivity (Wildman–Crippen MR) is 162 cm³/mol. The molecule has 0 aliphatic heterocycles. The van der Waals surface area contributed by atoms with Gasteiger partial charge in [-0.05, 0) is 74.0 Å². The highest BCUT2D eigenvalue weighted by molar-refractivity contribution is 5.97. The van der Waals surface area contributed by atoms with E-state index in [1.54, 1.807) is 0 Å². The predicted octanol–water partition coefficient (Wildman–Crippen LogP) is 6.87. The molecule has 0 spiro atoms. The number of amides is 1. The summed E-state index contributed by atoms with van der Waals surface area (Å²) >= 11 is 0. The Balaban J connectivity index is 1.31. The first-order valence-electron chi connectivity index (χ1n) is 13.2. The van der Waals surface area contributed by atoms with Crippen molar-refractivity contribution < 1.29 is 9.21 Å². The van der Waals surface area contributed by atoms with E-state index in [-0.39, 0.29) is 5.56 Å². The number of benzene rings is 4. The maximum Gasteiger partial charge on any atom is 0.349 e. The molecule has 40 heavy (non-hydrogen) atoms. The highest BCUT2D eigenvalue weighted by atomic mass is 16.4. The van der Waals surface area contributed by atoms with Crippen LogP contribution >= 0.6 is 0 Å². The number of nitrogens with zero attached hydrogens (tertiary/aromatic N) is 3. The maximum atomic E-state index is 12.7. The van der Waals surface area contributed by atoms with Gasteiger partial charge in [-0.1, -0.05) is 48.5 Å². The number of hydrogen-bond donors (Lipinski definition) is 1. The van der Waals surface area contributed by atoms with Gasteiger partial charge >= 0.3 is 5.63 Å². The molecular weight excluding hydrogens is 500 g/mol. The van der Waals surface area contributed by atoms with E-state index in [0.29, 0.717) is 11.0 Å². The normalized spacial score (nSPS) is 11.1. The molecule has 0 aliphatic carbocycles. The molecule has 0 radical (unpaired) electrons. The number of anilines is 4. The van der Waals surface area contributed by atoms with Crippen molar-refractivity contribution >= 4 is 45.8 Å². The van der Waals surface area contributed by atoms with Crippen LogP contribution in [0.15, 0.2) is 124 Å². The minimum atomic E-state index is -0.705. The number of carbonyl (C=O) groups excluding carboxylic acids is 1. The number of hydrazone groups is 1. The quantitative estimate of drug-likeness (QED) is 0.128. The van der Waals surface area contributed by atoms with Crippen LogP contribution in [-0.4, -0.2) is 25.2 Å². The van der Waals surface area contributed by atoms with Crippen LogP contribution in [0.25, 0.3) is 11.0 Å². The third-order valence-corrected chi connectivity index (χ3v) is 6.65. The zero-order valence-electron chi connectivity index (χ0n) is 22.5. The van der Waals surface area contributed by atoms with Gasteiger partial charge < -0.3 is 14.2 Å². The number of para-hydroxylation sites is 2. The fourth-order valence-corrected chi connectivity index (χ4v) is 4.58. The number of hydrogen-bond acceptors (Lipinski definition) is 6. The van der Waals surface area contributed by atoms with Gasteiger partial charge in [-0.2, -0.15) is 5.10 Å². The van der Waals surface area contributed by atoms with Gasteiger partial charge in [0, 0.05) is 47.3 Å². The Kier molecular flexibility index (Phi) is 8.02. The van der Waals surface area contributed by atoms with Crippen LogP contribution < -0.4 is 20.9 Å². The molecular formula is C33H30N4O3. The van der Waals surface area contributed by atoms with Gasteiger partial charge in [0.25, 0.3) is 5.91 Å². The van der Waals surface area contributed by atoms with Crippen LogP contribution in [0.2, 0.25) is 0 Å². The lowest BCUT2D eigenvalue weighted by Crippen LogP contribution is -2.24. The zero-order chi connectivity index (χ0) is 27.9. The van der Waals surface area contributed by atoms with Gasteiger partial charge in [0.2, 0.25) is 0 Å². The van der Waals surface area contributed by atoms with E-state index in [1.165, 1.54) is 12.3 Å². The Bertz CT molecular complexity index is 1640. The van der Waals surface area contributed by atoms with Crippen molar-refractivity contribution in [3.8, 4) is 0 Å². The highest BCUT2D eigenvalue weighted by Crippen LogP contribution is 2.33. The second-order valence-electron chi connectivity index (χ2n) is 9.14. The van der Waals surface area contributed by atoms with E-state index < -0.39 is 11.5 Å². The number of nitrogens with one attached hydrogen (secondary N) is 1. The molecule has 1 N–H and O–H groups in total. The van der Waals surface area contributed by atoms with Crippen molar-refractivity contribution in [1.29, 1.82) is 0 Å². The second kappa shape index (κ2) is 12.1. The van der Waals surface area contributed by atoms with E-state index in [2.05, 4.69) is 58.4 Å². The lowest BCUT2D eigenvalue weighted by Gasteiger charge is -2.25. The first kappa shape index (κ1) is 26.4. The summed E-state index contributed by atoms with van der Waals surface area (Å²) in [7, 11) is 0. The standard InChI is InChI=1S/C33H30N4O3/c1-3-36(4-2)29-20-17-25-21-30(33(39)40-31(25)22-29)32(38)35-34-23-24-15-18-28(19-16-24)37(26-11-7-5-8-12-26)27-13-9-6-10-14-27/h5-23H,3-4H2,1-2H3,(H,35,38)/b34-23+. The summed E-state index contributed by atoms with van der Waals surface area (Å²) in [4.78, 5) is 29.6. The van der Waals surface area contributed by atoms with E-state index in [0.717, 1.165) is 41.4 Å². The lowest BCUT2D eigenvalue weighted by atomic mass is 10.1. The van der Waals surface area contributed by atoms with Gasteiger partial charge in [-0.25, -0.2) is 10.2 Å². The zero-order valence-corrected chi connectivity index (χ0v) is 22.5. The third kappa shape index (κ3) is 5.78. The number of rotatable bonds is 9. The Morgan fingerprint density at radius 2 is 1.35 bits per heavy atom. The van der Waals surface area contributed by atoms with Crippen molar-refractivity contribution in [3.63, 3.8) is 0 Å². The fourth-order valence-electron chi connectivity index (χ4n) is 4.58. The minimum absolute atomic E-state index is 0.100. The first-order chi connectivity index (χ1) is 19.6. The molecule has 0 unspecified atom stereocenters. The van der Waals surface area contributed by atoms with Crippen molar-refractivity contribution in [1.82, 2.24) is 5.43 Å². The van der Waals surface area contributed by atoms with Gasteiger partial charge in [-0.3, -0.25) is 4.79 Å². The average Bonchev–Trinajstić information content (AvgIpc) is 2.99. The monoisotopic (exact) mass is 530 g/mol. The molecule has 0 fully saturated rings. The fraction of sp³-hybridized carbons (Fsp3) is 0.121. The molecule has 5 rings (SSSR count). The molecule has 1 heterocycles. The van der Waals surface area contributed by atoms with E-state index in [4.69, 9.17) is 4.42 Å². The van der Waals surface area contributed by atoms with Gasteiger partial charge in [0.1, 0.15) is 11.1 Å². The van der Waals surface area contributed by atoms with Crippen molar-refractivity contribution in [3.05, 3.63) is 131 Å². The second-order valence-corrected chi connectivity index (χ2v) is 9.14. The molecule has 1 aromatic heterocycles. The molecule has 4 aromatic carbocycles. The molecule has 200 valence electrons. The van der Waals surface area contributed by atoms with Gasteiger partial charge in [0.15, 0.2) is 0 Å². The minimum Gasteiger partial charge on any atom is -0.422 e. The Labute approximate surface area is 233 Å². The lowest BCUT2D eigenvalue weighted by molar-refractivity contribution is 0.0951. The largest absolute Gasteiger partial charge is 0.422 e. The summed E-state index contributed by atoms with van der Waals surface area (Å²) < 4.78 is 5.47. The topological polar surface area (TPSA) is 78.2 Å². The van der Waals surface area contributed by atoms with Gasteiger partial charge in [0.05, 0.1) is 6.21 Å². The van der Waals surface area contributed by atoms with E-state index in [1.807, 2.05) is 78.9 Å². The summed E-state index contributed by atoms with van der Waals surface area (Å²) in [5, 5.41) is 4.73. The summed E-state index contributed by atoms with van der Waals surface area (Å²) in [6, 6.07) is 35.2. The summed E-state index contributed by atoms with van der Waals surface area (Å²) in [6.45, 7) is 5.81. The summed E-state index contributed by atoms with van der Waals surface area (Å²) in [5.41, 5.74) is 6.90. The number of fused-ring (bicyclic) bond motifs is 1. The van der Waals surface area contributed by atoms with Crippen LogP contribution in [0.4, 0.5) is 22.7 Å². The molecule has 7 nitrogen and oxygen atoms in total. The molecule has 5 aromatic rings. The van der Waals surface area contributed by atoms with Crippen LogP contribution in [0.5, 0.6) is 0 Å². The van der Waals surface area contributed by atoms with E-state index in [9.17, 15) is 9.59 Å². The molecule has 7 heteroatoms. The molecule has 0 bridgehead atoms. The smallest absolute Gasteiger partial charge is 0.349 e. The summed E-state index contributed by atoms with van der Waals surface area (Å²) in [5.74, 6) is -0.629. The van der Waals surface area contributed by atoms with Crippen LogP contribution in [-0.2, 0) is 0 Å². The third-order valence-electron chi connectivity index (χ3n) is 6.65. The van der Waals surface area contributed by atoms with E-state index >= 15 is 0 Å².